The zero-order valence-electron chi connectivity index (χ0n) is 14.5. The highest BCUT2D eigenvalue weighted by atomic mass is 32.2. The van der Waals surface area contributed by atoms with Gasteiger partial charge in [0, 0.05) is 38.6 Å². The summed E-state index contributed by atoms with van der Waals surface area (Å²) in [6.07, 6.45) is 3.37. The number of amides is 1. The predicted octanol–water partition coefficient (Wildman–Crippen LogP) is 0.904. The van der Waals surface area contributed by atoms with Crippen molar-refractivity contribution < 1.29 is 13.2 Å². The average Bonchev–Trinajstić information content (AvgIpc) is 2.89. The van der Waals surface area contributed by atoms with E-state index in [9.17, 15) is 13.2 Å². The molecule has 1 aliphatic rings. The fourth-order valence-electron chi connectivity index (χ4n) is 2.86. The van der Waals surface area contributed by atoms with Gasteiger partial charge in [-0.3, -0.25) is 4.79 Å². The lowest BCUT2D eigenvalue weighted by Gasteiger charge is -2.22. The quantitative estimate of drug-likeness (QED) is 0.854. The number of aromatic nitrogens is 2. The Balaban J connectivity index is 1.75. The highest BCUT2D eigenvalue weighted by molar-refractivity contribution is 7.89. The standard InChI is InChI=1S/C17H21N5O3S/c1-13-3-5-14(6-4-13)26(24,25)22-10-2-9-21(11-12-22)17(23)15-16(18)20-8-7-19-15/h3-8H,2,9-12H2,1H3,(H2,18,20). The van der Waals surface area contributed by atoms with Crippen LogP contribution in [0.15, 0.2) is 41.6 Å². The Morgan fingerprint density at radius 1 is 1.04 bits per heavy atom. The minimum atomic E-state index is -3.58. The van der Waals surface area contributed by atoms with Crippen LogP contribution < -0.4 is 5.73 Å². The van der Waals surface area contributed by atoms with E-state index < -0.39 is 10.0 Å². The average molecular weight is 375 g/mol. The van der Waals surface area contributed by atoms with E-state index in [1.54, 1.807) is 29.2 Å². The van der Waals surface area contributed by atoms with Crippen molar-refractivity contribution in [2.24, 2.45) is 0 Å². The number of nitrogens with two attached hydrogens (primary N) is 1. The first-order valence-electron chi connectivity index (χ1n) is 8.32. The van der Waals surface area contributed by atoms with Crippen LogP contribution in [-0.4, -0.2) is 59.7 Å². The van der Waals surface area contributed by atoms with E-state index in [1.807, 2.05) is 6.92 Å². The summed E-state index contributed by atoms with van der Waals surface area (Å²) in [5.41, 5.74) is 6.82. The van der Waals surface area contributed by atoms with Gasteiger partial charge in [-0.1, -0.05) is 17.7 Å². The Kier molecular flexibility index (Phi) is 5.19. The summed E-state index contributed by atoms with van der Waals surface area (Å²) in [4.78, 5) is 22.3. The normalized spacial score (nSPS) is 16.3. The number of benzene rings is 1. The highest BCUT2D eigenvalue weighted by Crippen LogP contribution is 2.19. The van der Waals surface area contributed by atoms with Crippen LogP contribution in [0, 0.1) is 6.92 Å². The minimum absolute atomic E-state index is 0.0749. The first-order valence-corrected chi connectivity index (χ1v) is 9.76. The van der Waals surface area contributed by atoms with Gasteiger partial charge >= 0.3 is 0 Å². The number of nitrogens with zero attached hydrogens (tertiary/aromatic N) is 4. The third-order valence-electron chi connectivity index (χ3n) is 4.33. The number of sulfonamides is 1. The lowest BCUT2D eigenvalue weighted by Crippen LogP contribution is -2.38. The number of aryl methyl sites for hydroxylation is 1. The molecule has 9 heteroatoms. The Morgan fingerprint density at radius 2 is 1.73 bits per heavy atom. The molecule has 1 aromatic carbocycles. The highest BCUT2D eigenvalue weighted by Gasteiger charge is 2.29. The van der Waals surface area contributed by atoms with Crippen molar-refractivity contribution in [3.63, 3.8) is 0 Å². The van der Waals surface area contributed by atoms with Crippen LogP contribution in [0.4, 0.5) is 5.82 Å². The predicted molar refractivity (Wildman–Crippen MR) is 96.9 cm³/mol. The fraction of sp³-hybridized carbons (Fsp3) is 0.353. The van der Waals surface area contributed by atoms with Gasteiger partial charge in [-0.05, 0) is 25.5 Å². The molecular formula is C17H21N5O3S. The van der Waals surface area contributed by atoms with Gasteiger partial charge in [-0.2, -0.15) is 4.31 Å². The topological polar surface area (TPSA) is 109 Å². The molecule has 26 heavy (non-hydrogen) atoms. The van der Waals surface area contributed by atoms with E-state index in [1.165, 1.54) is 16.7 Å². The van der Waals surface area contributed by atoms with Crippen molar-refractivity contribution >= 4 is 21.7 Å². The lowest BCUT2D eigenvalue weighted by atomic mass is 10.2. The number of carbonyl (C=O) groups excluding carboxylic acids is 1. The molecule has 138 valence electrons. The molecule has 1 amide bonds. The van der Waals surface area contributed by atoms with Gasteiger partial charge in [-0.25, -0.2) is 18.4 Å². The summed E-state index contributed by atoms with van der Waals surface area (Å²) >= 11 is 0. The molecule has 2 heterocycles. The number of anilines is 1. The SMILES string of the molecule is Cc1ccc(S(=O)(=O)N2CCCN(C(=O)c3nccnc3N)CC2)cc1. The molecule has 1 aromatic heterocycles. The minimum Gasteiger partial charge on any atom is -0.382 e. The third kappa shape index (κ3) is 3.68. The first-order chi connectivity index (χ1) is 12.4. The molecule has 1 fully saturated rings. The molecule has 0 aliphatic carbocycles. The van der Waals surface area contributed by atoms with E-state index in [-0.39, 0.29) is 35.4 Å². The van der Waals surface area contributed by atoms with Crippen molar-refractivity contribution in [3.8, 4) is 0 Å². The monoisotopic (exact) mass is 375 g/mol. The second-order valence-electron chi connectivity index (χ2n) is 6.15. The van der Waals surface area contributed by atoms with E-state index >= 15 is 0 Å². The second-order valence-corrected chi connectivity index (χ2v) is 8.09. The molecule has 0 spiro atoms. The zero-order valence-corrected chi connectivity index (χ0v) is 15.3. The lowest BCUT2D eigenvalue weighted by molar-refractivity contribution is 0.0759. The molecule has 2 N–H and O–H groups in total. The number of hydrogen-bond donors (Lipinski definition) is 1. The zero-order chi connectivity index (χ0) is 18.7. The maximum absolute atomic E-state index is 12.8. The molecular weight excluding hydrogens is 354 g/mol. The van der Waals surface area contributed by atoms with Gasteiger partial charge in [0.05, 0.1) is 4.90 Å². The number of carbonyl (C=O) groups is 1. The van der Waals surface area contributed by atoms with Crippen molar-refractivity contribution in [3.05, 3.63) is 47.9 Å². The summed E-state index contributed by atoms with van der Waals surface area (Å²) in [6, 6.07) is 6.77. The van der Waals surface area contributed by atoms with Gasteiger partial charge in [0.15, 0.2) is 11.5 Å². The van der Waals surface area contributed by atoms with E-state index in [0.29, 0.717) is 19.5 Å². The first kappa shape index (κ1) is 18.3. The molecule has 0 atom stereocenters. The van der Waals surface area contributed by atoms with E-state index in [2.05, 4.69) is 9.97 Å². The van der Waals surface area contributed by atoms with Crippen LogP contribution in [0.5, 0.6) is 0 Å². The summed E-state index contributed by atoms with van der Waals surface area (Å²) in [5.74, 6) is -0.254. The Hall–Kier alpha value is -2.52. The number of nitrogen functional groups attached to an aromatic ring is 1. The maximum Gasteiger partial charge on any atom is 0.276 e. The fourth-order valence-corrected chi connectivity index (χ4v) is 4.33. The molecule has 0 saturated carbocycles. The molecule has 2 aromatic rings. The summed E-state index contributed by atoms with van der Waals surface area (Å²) in [7, 11) is -3.58. The smallest absolute Gasteiger partial charge is 0.276 e. The molecule has 0 unspecified atom stereocenters. The van der Waals surface area contributed by atoms with Crippen LogP contribution in [0.3, 0.4) is 0 Å². The van der Waals surface area contributed by atoms with Crippen LogP contribution in [-0.2, 0) is 10.0 Å². The Morgan fingerprint density at radius 3 is 2.42 bits per heavy atom. The Labute approximate surface area is 152 Å². The van der Waals surface area contributed by atoms with E-state index in [4.69, 9.17) is 5.73 Å². The largest absolute Gasteiger partial charge is 0.382 e. The Bertz CT molecular complexity index is 899. The van der Waals surface area contributed by atoms with Gasteiger partial charge in [-0.15, -0.1) is 0 Å². The second kappa shape index (κ2) is 7.38. The molecule has 8 nitrogen and oxygen atoms in total. The van der Waals surface area contributed by atoms with Crippen LogP contribution in [0.1, 0.15) is 22.5 Å². The van der Waals surface area contributed by atoms with Crippen LogP contribution >= 0.6 is 0 Å². The van der Waals surface area contributed by atoms with Gasteiger partial charge in [0.2, 0.25) is 10.0 Å². The van der Waals surface area contributed by atoms with Crippen molar-refractivity contribution in [1.29, 1.82) is 0 Å². The van der Waals surface area contributed by atoms with Crippen LogP contribution in [0.25, 0.3) is 0 Å². The maximum atomic E-state index is 12.8. The van der Waals surface area contributed by atoms with Crippen molar-refractivity contribution in [2.45, 2.75) is 18.2 Å². The molecule has 0 bridgehead atoms. The van der Waals surface area contributed by atoms with Crippen LogP contribution in [0.2, 0.25) is 0 Å². The number of rotatable bonds is 3. The third-order valence-corrected chi connectivity index (χ3v) is 6.24. The summed E-state index contributed by atoms with van der Waals surface area (Å²) < 4.78 is 27.1. The van der Waals surface area contributed by atoms with Gasteiger partial charge < -0.3 is 10.6 Å². The van der Waals surface area contributed by atoms with E-state index in [0.717, 1.165) is 5.56 Å². The van der Waals surface area contributed by atoms with Gasteiger partial charge in [0.1, 0.15) is 0 Å². The molecule has 3 rings (SSSR count). The van der Waals surface area contributed by atoms with Crippen molar-refractivity contribution in [2.75, 3.05) is 31.9 Å². The summed E-state index contributed by atoms with van der Waals surface area (Å²) in [6.45, 7) is 3.21. The summed E-state index contributed by atoms with van der Waals surface area (Å²) in [5, 5.41) is 0. The molecule has 1 aliphatic heterocycles. The van der Waals surface area contributed by atoms with Crippen molar-refractivity contribution in [1.82, 2.24) is 19.2 Å². The van der Waals surface area contributed by atoms with Gasteiger partial charge in [0.25, 0.3) is 5.91 Å². The number of hydrogen-bond acceptors (Lipinski definition) is 6. The molecule has 1 saturated heterocycles. The molecule has 0 radical (unpaired) electrons.